The van der Waals surface area contributed by atoms with E-state index in [4.69, 9.17) is 0 Å². The number of benzene rings is 2. The lowest BCUT2D eigenvalue weighted by atomic mass is 9.97. The zero-order valence-corrected chi connectivity index (χ0v) is 20.3. The Bertz CT molecular complexity index is 1290. The number of amides is 1. The first-order valence-electron chi connectivity index (χ1n) is 11.2. The Labute approximate surface area is 195 Å². The number of para-hydroxylation sites is 2. The van der Waals surface area contributed by atoms with Crippen molar-refractivity contribution in [1.82, 2.24) is 14.1 Å². The average molecular weight is 467 g/mol. The molecule has 1 amide bonds. The number of carbonyl (C=O) groups excluding carboxylic acids is 1. The van der Waals surface area contributed by atoms with Crippen LogP contribution in [0.25, 0.3) is 5.69 Å². The van der Waals surface area contributed by atoms with Gasteiger partial charge in [0.15, 0.2) is 0 Å². The van der Waals surface area contributed by atoms with E-state index >= 15 is 0 Å². The number of hydrogen-bond acceptors (Lipinski definition) is 4. The molecule has 1 fully saturated rings. The molecule has 2 heterocycles. The van der Waals surface area contributed by atoms with Crippen LogP contribution in [0.3, 0.4) is 0 Å². The summed E-state index contributed by atoms with van der Waals surface area (Å²) < 4.78 is 29.6. The Hall–Kier alpha value is -2.97. The molecule has 0 saturated carbocycles. The van der Waals surface area contributed by atoms with Gasteiger partial charge in [0.2, 0.25) is 15.9 Å². The zero-order chi connectivity index (χ0) is 23.8. The third-order valence-corrected chi connectivity index (χ3v) is 8.23. The van der Waals surface area contributed by atoms with Gasteiger partial charge < -0.3 is 5.32 Å². The summed E-state index contributed by atoms with van der Waals surface area (Å²) in [5.41, 5.74) is 5.17. The van der Waals surface area contributed by atoms with Crippen LogP contribution in [0.15, 0.2) is 53.4 Å². The summed E-state index contributed by atoms with van der Waals surface area (Å²) in [6, 6.07) is 15.0. The topological polar surface area (TPSA) is 84.3 Å². The fraction of sp³-hybridized carbons (Fsp3) is 0.360. The fourth-order valence-corrected chi connectivity index (χ4v) is 6.13. The average Bonchev–Trinajstić information content (AvgIpc) is 3.11. The van der Waals surface area contributed by atoms with E-state index in [0.717, 1.165) is 28.2 Å². The van der Waals surface area contributed by atoms with Crippen LogP contribution in [0.2, 0.25) is 0 Å². The number of hydrogen-bond donors (Lipinski definition) is 1. The van der Waals surface area contributed by atoms with Crippen molar-refractivity contribution < 1.29 is 13.2 Å². The van der Waals surface area contributed by atoms with Crippen molar-refractivity contribution in [3.63, 3.8) is 0 Å². The van der Waals surface area contributed by atoms with Crippen molar-refractivity contribution in [3.05, 3.63) is 71.0 Å². The standard InChI is InChI=1S/C25H30N4O3S/c1-17-9-10-24(18(2)15-17)33(31,32)28-13-11-21(12-14-28)25(30)26-22-7-5-6-8-23(22)29-20(4)16-19(3)27-29/h5-10,15-16,21H,11-14H2,1-4H3,(H,26,30). The van der Waals surface area contributed by atoms with Crippen LogP contribution in [-0.4, -0.2) is 41.5 Å². The van der Waals surface area contributed by atoms with Gasteiger partial charge in [0.05, 0.1) is 22.0 Å². The van der Waals surface area contributed by atoms with Crippen molar-refractivity contribution in [2.24, 2.45) is 5.92 Å². The molecule has 0 radical (unpaired) electrons. The molecule has 3 aromatic rings. The monoisotopic (exact) mass is 466 g/mol. The first-order valence-corrected chi connectivity index (χ1v) is 12.6. The number of anilines is 1. The molecular formula is C25H30N4O3S. The summed E-state index contributed by atoms with van der Waals surface area (Å²) in [6.45, 7) is 8.33. The van der Waals surface area contributed by atoms with Gasteiger partial charge in [-0.1, -0.05) is 29.8 Å². The molecule has 1 aliphatic heterocycles. The maximum atomic E-state index is 13.1. The van der Waals surface area contributed by atoms with Crippen molar-refractivity contribution in [2.75, 3.05) is 18.4 Å². The summed E-state index contributed by atoms with van der Waals surface area (Å²) in [7, 11) is -3.57. The minimum Gasteiger partial charge on any atom is -0.324 e. The summed E-state index contributed by atoms with van der Waals surface area (Å²) >= 11 is 0. The molecule has 2 aromatic carbocycles. The fourth-order valence-electron chi connectivity index (χ4n) is 4.46. The summed E-state index contributed by atoms with van der Waals surface area (Å²) in [5.74, 6) is -0.336. The van der Waals surface area contributed by atoms with Gasteiger partial charge in [0, 0.05) is 24.7 Å². The van der Waals surface area contributed by atoms with Crippen molar-refractivity contribution in [2.45, 2.75) is 45.4 Å². The van der Waals surface area contributed by atoms with Crippen LogP contribution in [-0.2, 0) is 14.8 Å². The molecule has 174 valence electrons. The van der Waals surface area contributed by atoms with E-state index < -0.39 is 10.0 Å². The number of carbonyl (C=O) groups is 1. The Balaban J connectivity index is 1.45. The first-order chi connectivity index (χ1) is 15.7. The van der Waals surface area contributed by atoms with Crippen molar-refractivity contribution in [3.8, 4) is 5.69 Å². The lowest BCUT2D eigenvalue weighted by Gasteiger charge is -2.31. The minimum atomic E-state index is -3.57. The normalized spacial score (nSPS) is 15.5. The minimum absolute atomic E-state index is 0.0902. The lowest BCUT2D eigenvalue weighted by molar-refractivity contribution is -0.120. The SMILES string of the molecule is Cc1ccc(S(=O)(=O)N2CCC(C(=O)Nc3ccccc3-n3nc(C)cc3C)CC2)c(C)c1. The Morgan fingerprint density at radius 2 is 1.70 bits per heavy atom. The summed E-state index contributed by atoms with van der Waals surface area (Å²) in [5, 5.41) is 7.58. The predicted molar refractivity (Wildman–Crippen MR) is 129 cm³/mol. The summed E-state index contributed by atoms with van der Waals surface area (Å²) in [6.07, 6.45) is 0.968. The van der Waals surface area contributed by atoms with E-state index in [9.17, 15) is 13.2 Å². The molecule has 7 nitrogen and oxygen atoms in total. The van der Waals surface area contributed by atoms with E-state index in [2.05, 4.69) is 10.4 Å². The highest BCUT2D eigenvalue weighted by Gasteiger charge is 2.33. The van der Waals surface area contributed by atoms with Gasteiger partial charge >= 0.3 is 0 Å². The highest BCUT2D eigenvalue weighted by atomic mass is 32.2. The van der Waals surface area contributed by atoms with Crippen LogP contribution in [0.4, 0.5) is 5.69 Å². The molecule has 0 bridgehead atoms. The Kier molecular flexibility index (Phi) is 6.41. The third kappa shape index (κ3) is 4.72. The number of aromatic nitrogens is 2. The van der Waals surface area contributed by atoms with Gasteiger partial charge in [0.1, 0.15) is 0 Å². The van der Waals surface area contributed by atoms with Crippen LogP contribution >= 0.6 is 0 Å². The van der Waals surface area contributed by atoms with Crippen LogP contribution in [0.5, 0.6) is 0 Å². The predicted octanol–water partition coefficient (Wildman–Crippen LogP) is 4.15. The Morgan fingerprint density at radius 1 is 1.00 bits per heavy atom. The smallest absolute Gasteiger partial charge is 0.243 e. The zero-order valence-electron chi connectivity index (χ0n) is 19.5. The largest absolute Gasteiger partial charge is 0.324 e. The van der Waals surface area contributed by atoms with E-state index in [0.29, 0.717) is 36.5 Å². The van der Waals surface area contributed by atoms with E-state index in [1.54, 1.807) is 6.07 Å². The van der Waals surface area contributed by atoms with E-state index in [1.807, 2.05) is 74.8 Å². The summed E-state index contributed by atoms with van der Waals surface area (Å²) in [4.78, 5) is 13.4. The molecular weight excluding hydrogens is 436 g/mol. The number of sulfonamides is 1. The van der Waals surface area contributed by atoms with Gasteiger partial charge in [-0.3, -0.25) is 4.79 Å². The van der Waals surface area contributed by atoms with E-state index in [-0.39, 0.29) is 11.8 Å². The van der Waals surface area contributed by atoms with Crippen LogP contribution in [0.1, 0.15) is 35.4 Å². The molecule has 0 atom stereocenters. The maximum Gasteiger partial charge on any atom is 0.243 e. The second kappa shape index (κ2) is 9.11. The highest BCUT2D eigenvalue weighted by molar-refractivity contribution is 7.89. The van der Waals surface area contributed by atoms with Gasteiger partial charge in [-0.25, -0.2) is 13.1 Å². The van der Waals surface area contributed by atoms with Gasteiger partial charge in [-0.15, -0.1) is 0 Å². The quantitative estimate of drug-likeness (QED) is 0.612. The lowest BCUT2D eigenvalue weighted by Crippen LogP contribution is -2.41. The first kappa shape index (κ1) is 23.2. The second-order valence-corrected chi connectivity index (χ2v) is 10.7. The second-order valence-electron chi connectivity index (χ2n) is 8.79. The molecule has 33 heavy (non-hydrogen) atoms. The molecule has 4 rings (SSSR count). The molecule has 0 aliphatic carbocycles. The van der Waals surface area contributed by atoms with Gasteiger partial charge in [0.25, 0.3) is 0 Å². The number of nitrogens with zero attached hydrogens (tertiary/aromatic N) is 3. The molecule has 1 aromatic heterocycles. The Morgan fingerprint density at radius 3 is 2.33 bits per heavy atom. The van der Waals surface area contributed by atoms with Crippen molar-refractivity contribution >= 4 is 21.6 Å². The molecule has 1 saturated heterocycles. The van der Waals surface area contributed by atoms with E-state index in [1.165, 1.54) is 4.31 Å². The van der Waals surface area contributed by atoms with Crippen LogP contribution in [0, 0.1) is 33.6 Å². The number of nitrogens with one attached hydrogen (secondary N) is 1. The number of rotatable bonds is 5. The maximum absolute atomic E-state index is 13.1. The number of piperidine rings is 1. The third-order valence-electron chi connectivity index (χ3n) is 6.17. The molecule has 1 N–H and O–H groups in total. The van der Waals surface area contributed by atoms with Crippen molar-refractivity contribution in [1.29, 1.82) is 0 Å². The highest BCUT2D eigenvalue weighted by Crippen LogP contribution is 2.28. The molecule has 1 aliphatic rings. The molecule has 8 heteroatoms. The number of aryl methyl sites for hydroxylation is 4. The van der Waals surface area contributed by atoms with Gasteiger partial charge in [-0.2, -0.15) is 9.40 Å². The van der Waals surface area contributed by atoms with Crippen LogP contribution < -0.4 is 5.32 Å². The van der Waals surface area contributed by atoms with Gasteiger partial charge in [-0.05, 0) is 70.4 Å². The molecule has 0 unspecified atom stereocenters. The molecule has 0 spiro atoms.